The van der Waals surface area contributed by atoms with E-state index in [2.05, 4.69) is 123 Å². The van der Waals surface area contributed by atoms with Crippen LogP contribution in [0.25, 0.3) is 44.3 Å². The molecule has 3 saturated heterocycles. The van der Waals surface area contributed by atoms with E-state index in [4.69, 9.17) is 15.1 Å². The largest absolute Gasteiger partial charge is 0.356 e. The van der Waals surface area contributed by atoms with Crippen LogP contribution in [0.15, 0.2) is 79.1 Å². The van der Waals surface area contributed by atoms with Crippen LogP contribution >= 0.6 is 0 Å². The van der Waals surface area contributed by atoms with Crippen LogP contribution in [0.5, 0.6) is 0 Å². The highest BCUT2D eigenvalue weighted by atomic mass is 15.3. The van der Waals surface area contributed by atoms with E-state index in [0.717, 1.165) is 103 Å². The number of aromatic amines is 2. The molecule has 6 aromatic rings. The fraction of sp³-hybridized carbons (Fsp3) is 0.359. The molecule has 0 radical (unpaired) electrons. The van der Waals surface area contributed by atoms with Crippen molar-refractivity contribution < 1.29 is 4.58 Å². The van der Waals surface area contributed by atoms with E-state index in [0.29, 0.717) is 11.8 Å². The monoisotopic (exact) mass is 651 g/mol. The number of hydrogen-bond acceptors (Lipinski definition) is 7. The first-order valence-electron chi connectivity index (χ1n) is 17.5. The third-order valence-electron chi connectivity index (χ3n) is 11.1. The van der Waals surface area contributed by atoms with Gasteiger partial charge in [-0.2, -0.15) is 10.2 Å². The van der Waals surface area contributed by atoms with Gasteiger partial charge in [0.1, 0.15) is 37.6 Å². The molecule has 10 nitrogen and oxygen atoms in total. The fourth-order valence-corrected chi connectivity index (χ4v) is 8.92. The summed E-state index contributed by atoms with van der Waals surface area (Å²) in [6.07, 6.45) is 8.45. The maximum Gasteiger partial charge on any atom is 0.144 e. The van der Waals surface area contributed by atoms with Crippen LogP contribution in [0, 0.1) is 11.3 Å². The lowest BCUT2D eigenvalue weighted by atomic mass is 9.73. The SMILES string of the molecule is CN1CC(c2cccc3c(-c4ccnc(N5CCC(C=[N+](C)C)C5)c4)[nH]nc23)C2(CCN(c3cc(-c4n[nH]c5ccccc45)ccn3)C2)C1. The van der Waals surface area contributed by atoms with Crippen molar-refractivity contribution in [2.75, 3.05) is 70.2 Å². The third-order valence-corrected chi connectivity index (χ3v) is 11.1. The van der Waals surface area contributed by atoms with Gasteiger partial charge in [-0.3, -0.25) is 10.2 Å². The van der Waals surface area contributed by atoms with E-state index < -0.39 is 0 Å². The highest BCUT2D eigenvalue weighted by molar-refractivity contribution is 5.95. The summed E-state index contributed by atoms with van der Waals surface area (Å²) < 4.78 is 2.17. The maximum atomic E-state index is 5.01. The van der Waals surface area contributed by atoms with Gasteiger partial charge in [-0.25, -0.2) is 14.5 Å². The first kappa shape index (κ1) is 30.0. The highest BCUT2D eigenvalue weighted by Gasteiger charge is 2.51. The van der Waals surface area contributed by atoms with Crippen molar-refractivity contribution in [2.24, 2.45) is 11.3 Å². The predicted octanol–water partition coefficient (Wildman–Crippen LogP) is 5.66. The molecule has 3 unspecified atom stereocenters. The van der Waals surface area contributed by atoms with E-state index in [9.17, 15) is 0 Å². The summed E-state index contributed by atoms with van der Waals surface area (Å²) in [5.74, 6) is 2.97. The number of para-hydroxylation sites is 2. The summed E-state index contributed by atoms with van der Waals surface area (Å²) in [7, 11) is 6.47. The van der Waals surface area contributed by atoms with Gasteiger partial charge in [0, 0.05) is 84.9 Å². The number of H-pyrrole nitrogens is 2. The van der Waals surface area contributed by atoms with Crippen molar-refractivity contribution in [3.8, 4) is 22.5 Å². The topological polar surface area (TPSA) is 95.9 Å². The van der Waals surface area contributed by atoms with Crippen LogP contribution in [-0.4, -0.2) is 106 Å². The van der Waals surface area contributed by atoms with Crippen molar-refractivity contribution in [1.29, 1.82) is 0 Å². The number of hydrogen-bond donors (Lipinski definition) is 2. The van der Waals surface area contributed by atoms with Gasteiger partial charge in [0.25, 0.3) is 0 Å². The quantitative estimate of drug-likeness (QED) is 0.177. The Kier molecular flexibility index (Phi) is 7.23. The molecule has 9 rings (SSSR count). The number of aromatic nitrogens is 6. The Labute approximate surface area is 286 Å². The second-order valence-corrected chi connectivity index (χ2v) is 14.7. The van der Waals surface area contributed by atoms with E-state index in [1.165, 1.54) is 10.9 Å². The molecule has 2 N–H and O–H groups in total. The molecule has 0 bridgehead atoms. The lowest BCUT2D eigenvalue weighted by Gasteiger charge is -2.31. The standard InChI is InChI=1S/C39H43N10/c1-46(2)21-26-13-17-48(22-26)34-19-28(12-15-40-34)37-31-9-6-8-29(38(31)45-44-37)32-23-47(3)24-39(32)14-18-49(25-39)35-20-27(11-16-41-35)36-30-7-4-5-10-33(30)42-43-36/h4-12,15-16,19-21,26,32H,13-14,17-18,22-25H2,1-3H3,(H,42,43)(H,44,45)/q+1. The Bertz CT molecular complexity index is 2190. The minimum Gasteiger partial charge on any atom is -0.356 e. The van der Waals surface area contributed by atoms with Gasteiger partial charge in [-0.15, -0.1) is 0 Å². The molecule has 0 amide bonds. The van der Waals surface area contributed by atoms with E-state index in [1.807, 2.05) is 18.5 Å². The number of benzene rings is 2. The first-order valence-corrected chi connectivity index (χ1v) is 17.5. The smallest absolute Gasteiger partial charge is 0.144 e. The van der Waals surface area contributed by atoms with Gasteiger partial charge >= 0.3 is 0 Å². The van der Waals surface area contributed by atoms with Crippen molar-refractivity contribution in [3.63, 3.8) is 0 Å². The highest BCUT2D eigenvalue weighted by Crippen LogP contribution is 2.51. The van der Waals surface area contributed by atoms with Crippen molar-refractivity contribution >= 4 is 39.7 Å². The van der Waals surface area contributed by atoms with Crippen LogP contribution in [0.4, 0.5) is 11.6 Å². The summed E-state index contributed by atoms with van der Waals surface area (Å²) in [4.78, 5) is 17.0. The molecule has 3 fully saturated rings. The summed E-state index contributed by atoms with van der Waals surface area (Å²) in [5, 5.41) is 18.6. The van der Waals surface area contributed by atoms with Gasteiger partial charge in [0.2, 0.25) is 0 Å². The minimum absolute atomic E-state index is 0.110. The Morgan fingerprint density at radius 2 is 1.61 bits per heavy atom. The third kappa shape index (κ3) is 5.25. The normalized spacial score (nSPS) is 22.7. The molecule has 1 spiro atoms. The molecule has 0 saturated carbocycles. The second kappa shape index (κ2) is 11.8. The molecule has 3 atom stereocenters. The zero-order valence-corrected chi connectivity index (χ0v) is 28.5. The molecular formula is C39H43N10+. The number of rotatable bonds is 6. The molecule has 49 heavy (non-hydrogen) atoms. The second-order valence-electron chi connectivity index (χ2n) is 14.7. The predicted molar refractivity (Wildman–Crippen MR) is 197 cm³/mol. The molecule has 0 aliphatic carbocycles. The summed E-state index contributed by atoms with van der Waals surface area (Å²) in [6.45, 7) is 6.03. The fourth-order valence-electron chi connectivity index (χ4n) is 8.92. The average molecular weight is 652 g/mol. The lowest BCUT2D eigenvalue weighted by Crippen LogP contribution is -2.33. The number of pyridine rings is 2. The summed E-state index contributed by atoms with van der Waals surface area (Å²) in [5.41, 5.74) is 7.84. The van der Waals surface area contributed by atoms with Crippen LogP contribution in [-0.2, 0) is 0 Å². The van der Waals surface area contributed by atoms with Gasteiger partial charge in [0.15, 0.2) is 0 Å². The molecule has 248 valence electrons. The van der Waals surface area contributed by atoms with Gasteiger partial charge < -0.3 is 14.7 Å². The molecule has 3 aliphatic rings. The maximum absolute atomic E-state index is 5.01. The van der Waals surface area contributed by atoms with Gasteiger partial charge in [-0.1, -0.05) is 36.4 Å². The first-order chi connectivity index (χ1) is 23.9. The number of anilines is 2. The minimum atomic E-state index is 0.110. The number of nitrogens with zero attached hydrogens (tertiary/aromatic N) is 8. The molecule has 2 aromatic carbocycles. The van der Waals surface area contributed by atoms with E-state index in [1.54, 1.807) is 0 Å². The van der Waals surface area contributed by atoms with E-state index in [-0.39, 0.29) is 5.41 Å². The van der Waals surface area contributed by atoms with Gasteiger partial charge in [-0.05, 0) is 55.8 Å². The Morgan fingerprint density at radius 1 is 0.816 bits per heavy atom. The number of nitrogens with one attached hydrogen (secondary N) is 2. The zero-order valence-electron chi connectivity index (χ0n) is 28.5. The summed E-state index contributed by atoms with van der Waals surface area (Å²) >= 11 is 0. The summed E-state index contributed by atoms with van der Waals surface area (Å²) in [6, 6.07) is 23.7. The number of likely N-dealkylation sites (tertiary alicyclic amines) is 1. The zero-order chi connectivity index (χ0) is 33.1. The van der Waals surface area contributed by atoms with Crippen LogP contribution in [0.2, 0.25) is 0 Å². The molecule has 7 heterocycles. The van der Waals surface area contributed by atoms with E-state index >= 15 is 0 Å². The van der Waals surface area contributed by atoms with Crippen molar-refractivity contribution in [2.45, 2.75) is 18.8 Å². The Hall–Kier alpha value is -5.09. The van der Waals surface area contributed by atoms with Gasteiger partial charge in [0.05, 0.1) is 22.6 Å². The molecule has 4 aromatic heterocycles. The van der Waals surface area contributed by atoms with Crippen LogP contribution < -0.4 is 9.80 Å². The Balaban J connectivity index is 1.00. The lowest BCUT2D eigenvalue weighted by molar-refractivity contribution is -0.461. The molecular weight excluding hydrogens is 608 g/mol. The number of likely N-dealkylation sites (N-methyl/N-ethyl adjacent to an activating group) is 1. The van der Waals surface area contributed by atoms with Crippen LogP contribution in [0.3, 0.4) is 0 Å². The Morgan fingerprint density at radius 3 is 2.49 bits per heavy atom. The number of fused-ring (bicyclic) bond motifs is 2. The molecule has 3 aliphatic heterocycles. The van der Waals surface area contributed by atoms with Crippen molar-refractivity contribution in [1.82, 2.24) is 35.3 Å². The average Bonchev–Trinajstić information content (AvgIpc) is 3.95. The molecule has 10 heteroatoms. The van der Waals surface area contributed by atoms with Crippen molar-refractivity contribution in [3.05, 3.63) is 84.7 Å². The van der Waals surface area contributed by atoms with Crippen LogP contribution in [0.1, 0.15) is 24.3 Å².